The molecule has 0 heterocycles. The third kappa shape index (κ3) is 4.11. The van der Waals surface area contributed by atoms with Crippen LogP contribution in [0.3, 0.4) is 0 Å². The van der Waals surface area contributed by atoms with Crippen molar-refractivity contribution in [2.24, 2.45) is 0 Å². The number of hydrogen-bond acceptors (Lipinski definition) is 2. The normalized spacial score (nSPS) is 10.3. The van der Waals surface area contributed by atoms with E-state index in [-0.39, 0.29) is 11.5 Å². The number of hydrogen-bond donors (Lipinski definition) is 1. The second-order valence-corrected chi connectivity index (χ2v) is 3.69. The molecule has 3 heteroatoms. The Morgan fingerprint density at radius 3 is 2.73 bits per heavy atom. The number of carbonyl (C=O) groups excluding carboxylic acids is 1. The monoisotopic (exact) mass is 210 g/mol. The van der Waals surface area contributed by atoms with E-state index in [1.165, 1.54) is 12.1 Å². The number of aromatic hydroxyl groups is 1. The standard InChI is InChI=1S/C12H15FO2/c1-9(14)4-2-3-5-10-6-7-12(15)11(13)8-10/h6-8,15H,2-5H2,1H3. The van der Waals surface area contributed by atoms with E-state index in [9.17, 15) is 9.18 Å². The summed E-state index contributed by atoms with van der Waals surface area (Å²) in [4.78, 5) is 10.7. The van der Waals surface area contributed by atoms with Crippen LogP contribution in [0.5, 0.6) is 5.75 Å². The number of unbranched alkanes of at least 4 members (excludes halogenated alkanes) is 1. The number of ketones is 1. The largest absolute Gasteiger partial charge is 0.505 e. The van der Waals surface area contributed by atoms with Crippen molar-refractivity contribution >= 4 is 5.78 Å². The molecular formula is C12H15FO2. The third-order valence-corrected chi connectivity index (χ3v) is 2.26. The van der Waals surface area contributed by atoms with Crippen molar-refractivity contribution in [3.05, 3.63) is 29.6 Å². The van der Waals surface area contributed by atoms with Crippen LogP contribution in [-0.2, 0) is 11.2 Å². The van der Waals surface area contributed by atoms with E-state index in [4.69, 9.17) is 5.11 Å². The molecule has 2 nitrogen and oxygen atoms in total. The van der Waals surface area contributed by atoms with Crippen molar-refractivity contribution in [1.82, 2.24) is 0 Å². The average Bonchev–Trinajstić information content (AvgIpc) is 2.18. The summed E-state index contributed by atoms with van der Waals surface area (Å²) in [5, 5.41) is 8.97. The zero-order valence-electron chi connectivity index (χ0n) is 8.79. The van der Waals surface area contributed by atoms with Gasteiger partial charge in [0, 0.05) is 6.42 Å². The summed E-state index contributed by atoms with van der Waals surface area (Å²) in [5.74, 6) is -0.714. The molecule has 1 rings (SSSR count). The molecule has 0 bridgehead atoms. The van der Waals surface area contributed by atoms with Crippen molar-refractivity contribution in [2.75, 3.05) is 0 Å². The van der Waals surface area contributed by atoms with E-state index < -0.39 is 5.82 Å². The van der Waals surface area contributed by atoms with E-state index in [0.717, 1.165) is 24.8 Å². The highest BCUT2D eigenvalue weighted by molar-refractivity contribution is 5.75. The SMILES string of the molecule is CC(=O)CCCCc1ccc(O)c(F)c1. The van der Waals surface area contributed by atoms with E-state index in [1.807, 2.05) is 0 Å². The Bertz CT molecular complexity index is 347. The van der Waals surface area contributed by atoms with Gasteiger partial charge in [0.25, 0.3) is 0 Å². The number of rotatable bonds is 5. The quantitative estimate of drug-likeness (QED) is 0.759. The maximum absolute atomic E-state index is 12.9. The average molecular weight is 210 g/mol. The minimum absolute atomic E-state index is 0.187. The van der Waals surface area contributed by atoms with Crippen LogP contribution in [0.4, 0.5) is 4.39 Å². The van der Waals surface area contributed by atoms with Crippen molar-refractivity contribution in [2.45, 2.75) is 32.6 Å². The first kappa shape index (κ1) is 11.7. The Hall–Kier alpha value is -1.38. The van der Waals surface area contributed by atoms with Gasteiger partial charge in [-0.05, 0) is 43.9 Å². The molecule has 1 aromatic carbocycles. The van der Waals surface area contributed by atoms with Gasteiger partial charge >= 0.3 is 0 Å². The Balaban J connectivity index is 2.38. The molecule has 15 heavy (non-hydrogen) atoms. The van der Waals surface area contributed by atoms with Gasteiger partial charge in [-0.2, -0.15) is 0 Å². The Labute approximate surface area is 88.7 Å². The van der Waals surface area contributed by atoms with E-state index in [1.54, 1.807) is 13.0 Å². The van der Waals surface area contributed by atoms with Crippen molar-refractivity contribution in [1.29, 1.82) is 0 Å². The predicted molar refractivity (Wildman–Crippen MR) is 56.3 cm³/mol. The van der Waals surface area contributed by atoms with Crippen molar-refractivity contribution < 1.29 is 14.3 Å². The van der Waals surface area contributed by atoms with Crippen LogP contribution in [0.25, 0.3) is 0 Å². The fourth-order valence-corrected chi connectivity index (χ4v) is 1.41. The van der Waals surface area contributed by atoms with Crippen LogP contribution in [0.1, 0.15) is 31.7 Å². The summed E-state index contributed by atoms with van der Waals surface area (Å²) in [5.41, 5.74) is 0.855. The molecule has 0 fully saturated rings. The van der Waals surface area contributed by atoms with Gasteiger partial charge in [-0.3, -0.25) is 0 Å². The number of benzene rings is 1. The van der Waals surface area contributed by atoms with Gasteiger partial charge in [0.05, 0.1) is 0 Å². The van der Waals surface area contributed by atoms with Crippen LogP contribution < -0.4 is 0 Å². The molecule has 0 aromatic heterocycles. The molecule has 0 unspecified atom stereocenters. The maximum Gasteiger partial charge on any atom is 0.165 e. The molecular weight excluding hydrogens is 195 g/mol. The molecule has 1 N–H and O–H groups in total. The van der Waals surface area contributed by atoms with Gasteiger partial charge < -0.3 is 9.90 Å². The lowest BCUT2D eigenvalue weighted by molar-refractivity contribution is -0.117. The summed E-state index contributed by atoms with van der Waals surface area (Å²) < 4.78 is 12.9. The summed E-state index contributed by atoms with van der Waals surface area (Å²) in [6.07, 6.45) is 3.02. The highest BCUT2D eigenvalue weighted by Crippen LogP contribution is 2.17. The topological polar surface area (TPSA) is 37.3 Å². The van der Waals surface area contributed by atoms with Gasteiger partial charge in [0.15, 0.2) is 11.6 Å². The smallest absolute Gasteiger partial charge is 0.165 e. The fraction of sp³-hybridized carbons (Fsp3) is 0.417. The number of Topliss-reactive ketones (excluding diaryl/α,β-unsaturated/α-hetero) is 1. The van der Waals surface area contributed by atoms with Gasteiger partial charge in [-0.25, -0.2) is 4.39 Å². The van der Waals surface area contributed by atoms with Crippen molar-refractivity contribution in [3.63, 3.8) is 0 Å². The van der Waals surface area contributed by atoms with Gasteiger partial charge in [-0.15, -0.1) is 0 Å². The second-order valence-electron chi connectivity index (χ2n) is 3.69. The summed E-state index contributed by atoms with van der Waals surface area (Å²) >= 11 is 0. The van der Waals surface area contributed by atoms with Gasteiger partial charge in [0.2, 0.25) is 0 Å². The lowest BCUT2D eigenvalue weighted by Crippen LogP contribution is -1.92. The minimum atomic E-state index is -0.584. The molecule has 0 atom stereocenters. The number of halogens is 1. The van der Waals surface area contributed by atoms with Crippen LogP contribution in [0.15, 0.2) is 18.2 Å². The van der Waals surface area contributed by atoms with Gasteiger partial charge in [0.1, 0.15) is 5.78 Å². The zero-order chi connectivity index (χ0) is 11.3. The third-order valence-electron chi connectivity index (χ3n) is 2.26. The van der Waals surface area contributed by atoms with E-state index in [0.29, 0.717) is 6.42 Å². The first-order valence-corrected chi connectivity index (χ1v) is 5.06. The highest BCUT2D eigenvalue weighted by Gasteiger charge is 2.01. The van der Waals surface area contributed by atoms with Crippen molar-refractivity contribution in [3.8, 4) is 5.75 Å². The molecule has 0 saturated carbocycles. The number of aryl methyl sites for hydroxylation is 1. The number of phenols is 1. The summed E-state index contributed by atoms with van der Waals surface area (Å²) in [6, 6.07) is 4.39. The molecule has 0 spiro atoms. The van der Waals surface area contributed by atoms with Crippen LogP contribution in [0.2, 0.25) is 0 Å². The van der Waals surface area contributed by atoms with E-state index in [2.05, 4.69) is 0 Å². The molecule has 0 radical (unpaired) electrons. The molecule has 1 aromatic rings. The van der Waals surface area contributed by atoms with E-state index >= 15 is 0 Å². The molecule has 0 aliphatic rings. The number of phenolic OH excluding ortho intramolecular Hbond substituents is 1. The fourth-order valence-electron chi connectivity index (χ4n) is 1.41. The molecule has 0 aliphatic carbocycles. The summed E-state index contributed by atoms with van der Waals surface area (Å²) in [7, 11) is 0. The maximum atomic E-state index is 12.9. The molecule has 82 valence electrons. The lowest BCUT2D eigenvalue weighted by Gasteiger charge is -2.02. The Morgan fingerprint density at radius 2 is 2.13 bits per heavy atom. The van der Waals surface area contributed by atoms with Crippen LogP contribution in [0, 0.1) is 5.82 Å². The lowest BCUT2D eigenvalue weighted by atomic mass is 10.1. The second kappa shape index (κ2) is 5.49. The molecule has 0 amide bonds. The molecule has 0 saturated heterocycles. The minimum Gasteiger partial charge on any atom is -0.505 e. The Morgan fingerprint density at radius 1 is 1.40 bits per heavy atom. The highest BCUT2D eigenvalue weighted by atomic mass is 19.1. The first-order chi connectivity index (χ1) is 7.09. The molecule has 0 aliphatic heterocycles. The Kier molecular flexibility index (Phi) is 4.28. The predicted octanol–water partition coefficient (Wildman–Crippen LogP) is 2.83. The number of carbonyl (C=O) groups is 1. The van der Waals surface area contributed by atoms with Gasteiger partial charge in [-0.1, -0.05) is 6.07 Å². The zero-order valence-corrected chi connectivity index (χ0v) is 8.79. The summed E-state index contributed by atoms with van der Waals surface area (Å²) in [6.45, 7) is 1.57. The van der Waals surface area contributed by atoms with Crippen LogP contribution >= 0.6 is 0 Å². The van der Waals surface area contributed by atoms with Crippen LogP contribution in [-0.4, -0.2) is 10.9 Å². The first-order valence-electron chi connectivity index (χ1n) is 5.06.